The molecule has 0 aliphatic carbocycles. The van der Waals surface area contributed by atoms with Crippen LogP contribution >= 0.6 is 15.9 Å². The first-order valence-corrected chi connectivity index (χ1v) is 5.99. The van der Waals surface area contributed by atoms with Crippen LogP contribution in [0.3, 0.4) is 0 Å². The second-order valence-corrected chi connectivity index (χ2v) is 4.99. The van der Waals surface area contributed by atoms with Gasteiger partial charge in [0.05, 0.1) is 11.0 Å². The number of rotatable bonds is 5. The van der Waals surface area contributed by atoms with Crippen molar-refractivity contribution in [2.75, 3.05) is 13.6 Å². The van der Waals surface area contributed by atoms with Crippen molar-refractivity contribution in [2.24, 2.45) is 0 Å². The quantitative estimate of drug-likeness (QED) is 0.669. The molecular formula is C11H15BrN2O3. The Labute approximate surface area is 108 Å². The first-order chi connectivity index (χ1) is 7.90. The zero-order valence-corrected chi connectivity index (χ0v) is 11.3. The summed E-state index contributed by atoms with van der Waals surface area (Å²) in [5.74, 6) is 0. The van der Waals surface area contributed by atoms with Gasteiger partial charge in [-0.05, 0) is 26.1 Å². The number of halogens is 1. The Morgan fingerprint density at radius 1 is 1.59 bits per heavy atom. The minimum Gasteiger partial charge on any atom is -0.392 e. The van der Waals surface area contributed by atoms with E-state index in [0.29, 0.717) is 23.1 Å². The average Bonchev–Trinajstić information content (AvgIpc) is 2.19. The van der Waals surface area contributed by atoms with Crippen LogP contribution in [0.15, 0.2) is 22.7 Å². The highest BCUT2D eigenvalue weighted by molar-refractivity contribution is 9.10. The molecule has 0 heterocycles. The lowest BCUT2D eigenvalue weighted by atomic mass is 10.1. The lowest BCUT2D eigenvalue weighted by molar-refractivity contribution is -0.385. The number of nitro groups is 1. The minimum atomic E-state index is -0.450. The highest BCUT2D eigenvalue weighted by Gasteiger charge is 2.15. The lowest BCUT2D eigenvalue weighted by Gasteiger charge is -2.18. The third kappa shape index (κ3) is 4.41. The van der Waals surface area contributed by atoms with E-state index in [2.05, 4.69) is 15.9 Å². The SMILES string of the molecule is CC(O)CN(C)Cc1ccc(Br)cc1[N+](=O)[O-]. The summed E-state index contributed by atoms with van der Waals surface area (Å²) >= 11 is 3.21. The Kier molecular flexibility index (Phi) is 5.04. The Balaban J connectivity index is 2.86. The van der Waals surface area contributed by atoms with Gasteiger partial charge in [0.25, 0.3) is 5.69 Å². The monoisotopic (exact) mass is 302 g/mol. The van der Waals surface area contributed by atoms with Crippen molar-refractivity contribution in [3.05, 3.63) is 38.3 Å². The molecule has 0 saturated carbocycles. The fourth-order valence-electron chi connectivity index (χ4n) is 1.65. The molecule has 0 spiro atoms. The van der Waals surface area contributed by atoms with Gasteiger partial charge in [-0.2, -0.15) is 0 Å². The maximum absolute atomic E-state index is 10.9. The Bertz CT molecular complexity index is 410. The van der Waals surface area contributed by atoms with Gasteiger partial charge in [-0.25, -0.2) is 0 Å². The Morgan fingerprint density at radius 2 is 2.24 bits per heavy atom. The molecule has 1 aromatic carbocycles. The molecule has 1 unspecified atom stereocenters. The highest BCUT2D eigenvalue weighted by Crippen LogP contribution is 2.24. The second kappa shape index (κ2) is 6.09. The van der Waals surface area contributed by atoms with E-state index in [0.717, 1.165) is 0 Å². The Hall–Kier alpha value is -0.980. The molecule has 0 amide bonds. The van der Waals surface area contributed by atoms with Gasteiger partial charge in [0, 0.05) is 29.2 Å². The summed E-state index contributed by atoms with van der Waals surface area (Å²) in [5.41, 5.74) is 0.734. The van der Waals surface area contributed by atoms with Crippen molar-refractivity contribution in [1.82, 2.24) is 4.90 Å². The summed E-state index contributed by atoms with van der Waals surface area (Å²) in [4.78, 5) is 12.4. The molecule has 0 bridgehead atoms. The highest BCUT2D eigenvalue weighted by atomic mass is 79.9. The molecule has 1 atom stereocenters. The fraction of sp³-hybridized carbons (Fsp3) is 0.455. The van der Waals surface area contributed by atoms with Gasteiger partial charge >= 0.3 is 0 Å². The average molecular weight is 303 g/mol. The molecule has 0 radical (unpaired) electrons. The molecule has 0 saturated heterocycles. The minimum absolute atomic E-state index is 0.0943. The van der Waals surface area contributed by atoms with Gasteiger partial charge in [0.1, 0.15) is 0 Å². The van der Waals surface area contributed by atoms with Crippen molar-refractivity contribution < 1.29 is 10.0 Å². The van der Waals surface area contributed by atoms with Crippen molar-refractivity contribution in [1.29, 1.82) is 0 Å². The van der Waals surface area contributed by atoms with Crippen LogP contribution in [0.2, 0.25) is 0 Å². The molecule has 6 heteroatoms. The van der Waals surface area contributed by atoms with Gasteiger partial charge in [0.2, 0.25) is 0 Å². The van der Waals surface area contributed by atoms with E-state index >= 15 is 0 Å². The molecule has 0 aromatic heterocycles. The summed E-state index contributed by atoms with van der Waals surface area (Å²) in [6, 6.07) is 4.99. The summed E-state index contributed by atoms with van der Waals surface area (Å²) in [6.45, 7) is 2.61. The third-order valence-corrected chi connectivity index (χ3v) is 2.75. The molecule has 5 nitrogen and oxygen atoms in total. The normalized spacial score (nSPS) is 12.8. The van der Waals surface area contributed by atoms with Gasteiger partial charge in [-0.1, -0.05) is 15.9 Å². The molecule has 1 N–H and O–H groups in total. The fourth-order valence-corrected chi connectivity index (χ4v) is 2.00. The largest absolute Gasteiger partial charge is 0.392 e. The van der Waals surface area contributed by atoms with E-state index in [-0.39, 0.29) is 5.69 Å². The van der Waals surface area contributed by atoms with Crippen LogP contribution in [0, 0.1) is 10.1 Å². The molecule has 1 rings (SSSR count). The predicted molar refractivity (Wildman–Crippen MR) is 68.8 cm³/mol. The standard InChI is InChI=1S/C11H15BrN2O3/c1-8(15)6-13(2)7-9-3-4-10(12)5-11(9)14(16)17/h3-5,8,15H,6-7H2,1-2H3. The van der Waals surface area contributed by atoms with E-state index in [1.165, 1.54) is 6.07 Å². The van der Waals surface area contributed by atoms with Gasteiger partial charge in [-0.15, -0.1) is 0 Å². The van der Waals surface area contributed by atoms with E-state index in [9.17, 15) is 15.2 Å². The summed E-state index contributed by atoms with van der Waals surface area (Å²) in [7, 11) is 1.82. The van der Waals surface area contributed by atoms with E-state index in [4.69, 9.17) is 0 Å². The van der Waals surface area contributed by atoms with Gasteiger partial charge in [0.15, 0.2) is 0 Å². The zero-order valence-electron chi connectivity index (χ0n) is 9.76. The van der Waals surface area contributed by atoms with Crippen LogP contribution in [-0.4, -0.2) is 34.6 Å². The summed E-state index contributed by atoms with van der Waals surface area (Å²) in [6.07, 6.45) is -0.450. The molecule has 1 aromatic rings. The number of benzene rings is 1. The maximum atomic E-state index is 10.9. The van der Waals surface area contributed by atoms with Crippen molar-refractivity contribution in [2.45, 2.75) is 19.6 Å². The Morgan fingerprint density at radius 3 is 2.76 bits per heavy atom. The molecule has 0 aliphatic rings. The topological polar surface area (TPSA) is 66.6 Å². The lowest BCUT2D eigenvalue weighted by Crippen LogP contribution is -2.27. The summed E-state index contributed by atoms with van der Waals surface area (Å²) < 4.78 is 0.686. The van der Waals surface area contributed by atoms with Crippen molar-refractivity contribution in [3.63, 3.8) is 0 Å². The van der Waals surface area contributed by atoms with Gasteiger partial charge in [-0.3, -0.25) is 15.0 Å². The summed E-state index contributed by atoms with van der Waals surface area (Å²) in [5, 5.41) is 20.1. The van der Waals surface area contributed by atoms with Gasteiger partial charge < -0.3 is 5.11 Å². The van der Waals surface area contributed by atoms with E-state index in [1.807, 2.05) is 11.9 Å². The van der Waals surface area contributed by atoms with E-state index < -0.39 is 11.0 Å². The molecule has 0 aliphatic heterocycles. The van der Waals surface area contributed by atoms with Crippen LogP contribution in [-0.2, 0) is 6.54 Å². The van der Waals surface area contributed by atoms with E-state index in [1.54, 1.807) is 19.1 Å². The van der Waals surface area contributed by atoms with Crippen LogP contribution < -0.4 is 0 Å². The number of aliphatic hydroxyl groups is 1. The van der Waals surface area contributed by atoms with Crippen molar-refractivity contribution in [3.8, 4) is 0 Å². The molecular weight excluding hydrogens is 288 g/mol. The zero-order chi connectivity index (χ0) is 13.0. The molecule has 0 fully saturated rings. The van der Waals surface area contributed by atoms with Crippen LogP contribution in [0.25, 0.3) is 0 Å². The van der Waals surface area contributed by atoms with Crippen LogP contribution in [0.5, 0.6) is 0 Å². The number of hydrogen-bond acceptors (Lipinski definition) is 4. The first kappa shape index (κ1) is 14.1. The smallest absolute Gasteiger partial charge is 0.275 e. The number of aliphatic hydroxyl groups excluding tert-OH is 1. The predicted octanol–water partition coefficient (Wildman–Crippen LogP) is 2.17. The third-order valence-electron chi connectivity index (χ3n) is 2.26. The van der Waals surface area contributed by atoms with Crippen LogP contribution in [0.4, 0.5) is 5.69 Å². The second-order valence-electron chi connectivity index (χ2n) is 4.08. The number of likely N-dealkylation sites (N-methyl/N-ethyl adjacent to an activating group) is 1. The first-order valence-electron chi connectivity index (χ1n) is 5.19. The number of nitro benzene ring substituents is 1. The number of hydrogen-bond donors (Lipinski definition) is 1. The molecule has 94 valence electrons. The number of nitrogens with zero attached hydrogens (tertiary/aromatic N) is 2. The van der Waals surface area contributed by atoms with Crippen molar-refractivity contribution >= 4 is 21.6 Å². The van der Waals surface area contributed by atoms with Crippen LogP contribution in [0.1, 0.15) is 12.5 Å². The maximum Gasteiger partial charge on any atom is 0.275 e. The molecule has 17 heavy (non-hydrogen) atoms.